The van der Waals surface area contributed by atoms with Crippen LogP contribution in [0.15, 0.2) is 48.5 Å². The normalized spacial score (nSPS) is 16.8. The molecule has 0 radical (unpaired) electrons. The molecule has 1 atom stereocenters. The van der Waals surface area contributed by atoms with Gasteiger partial charge in [-0.1, -0.05) is 12.1 Å². The minimum absolute atomic E-state index is 0.000345. The van der Waals surface area contributed by atoms with Crippen LogP contribution in [0, 0.1) is 0 Å². The maximum Gasteiger partial charge on any atom is 0.247 e. The number of thiazole rings is 1. The number of hydrogen-bond donors (Lipinski definition) is 0. The number of fused-ring (bicyclic) bond motifs is 1. The molecule has 2 heterocycles. The second kappa shape index (κ2) is 8.02. The number of para-hydroxylation sites is 1. The van der Waals surface area contributed by atoms with Crippen molar-refractivity contribution in [2.75, 3.05) is 20.8 Å². The number of likely N-dealkylation sites (tertiary alicyclic amines) is 1. The van der Waals surface area contributed by atoms with Gasteiger partial charge in [0.1, 0.15) is 16.5 Å². The highest BCUT2D eigenvalue weighted by Crippen LogP contribution is 2.36. The molecule has 1 aliphatic heterocycles. The molecule has 0 saturated carbocycles. The van der Waals surface area contributed by atoms with E-state index >= 15 is 0 Å². The molecule has 6 heteroatoms. The van der Waals surface area contributed by atoms with Gasteiger partial charge in [0.15, 0.2) is 0 Å². The van der Waals surface area contributed by atoms with Crippen molar-refractivity contribution in [1.82, 2.24) is 9.88 Å². The molecule has 1 saturated heterocycles. The van der Waals surface area contributed by atoms with E-state index in [2.05, 4.69) is 6.07 Å². The van der Waals surface area contributed by atoms with E-state index < -0.39 is 0 Å². The van der Waals surface area contributed by atoms with E-state index in [1.165, 1.54) is 0 Å². The van der Waals surface area contributed by atoms with Crippen LogP contribution in [0.25, 0.3) is 16.3 Å². The Morgan fingerprint density at radius 1 is 1.21 bits per heavy atom. The Labute approximate surface area is 168 Å². The van der Waals surface area contributed by atoms with Gasteiger partial charge < -0.3 is 14.4 Å². The standard InChI is InChI=1S/C22H22N2O3S/c1-26-16-11-9-15(19(14-16)27-2)10-12-21(25)24-13-5-7-18(24)22-23-17-6-3-4-8-20(17)28-22/h3-4,6,8-12,14,18H,5,7,13H2,1-2H3. The number of carbonyl (C=O) groups is 1. The first-order chi connectivity index (χ1) is 13.7. The summed E-state index contributed by atoms with van der Waals surface area (Å²) in [6.45, 7) is 0.753. The summed E-state index contributed by atoms with van der Waals surface area (Å²) in [6.07, 6.45) is 5.36. The molecule has 3 aromatic rings. The molecule has 1 amide bonds. The average Bonchev–Trinajstić information content (AvgIpc) is 3.38. The third kappa shape index (κ3) is 3.60. The summed E-state index contributed by atoms with van der Waals surface area (Å²) in [4.78, 5) is 19.6. The molecule has 1 aromatic heterocycles. The van der Waals surface area contributed by atoms with Gasteiger partial charge in [-0.2, -0.15) is 0 Å². The van der Waals surface area contributed by atoms with Crippen molar-refractivity contribution in [2.24, 2.45) is 0 Å². The lowest BCUT2D eigenvalue weighted by atomic mass is 10.1. The lowest BCUT2D eigenvalue weighted by Crippen LogP contribution is -2.28. The van der Waals surface area contributed by atoms with E-state index in [0.29, 0.717) is 5.75 Å². The molecule has 1 aliphatic rings. The average molecular weight is 394 g/mol. The van der Waals surface area contributed by atoms with E-state index in [4.69, 9.17) is 14.5 Å². The van der Waals surface area contributed by atoms with Crippen LogP contribution in [0.1, 0.15) is 29.5 Å². The predicted octanol–water partition coefficient (Wildman–Crippen LogP) is 4.69. The van der Waals surface area contributed by atoms with Crippen LogP contribution in [-0.2, 0) is 4.79 Å². The number of aromatic nitrogens is 1. The first kappa shape index (κ1) is 18.5. The van der Waals surface area contributed by atoms with Crippen LogP contribution in [0.5, 0.6) is 11.5 Å². The molecule has 0 spiro atoms. The Kier molecular flexibility index (Phi) is 5.30. The van der Waals surface area contributed by atoms with Gasteiger partial charge in [0.2, 0.25) is 5.91 Å². The fourth-order valence-electron chi connectivity index (χ4n) is 3.53. The number of hydrogen-bond acceptors (Lipinski definition) is 5. The van der Waals surface area contributed by atoms with Gasteiger partial charge in [-0.15, -0.1) is 11.3 Å². The smallest absolute Gasteiger partial charge is 0.247 e. The number of nitrogens with zero attached hydrogens (tertiary/aromatic N) is 2. The summed E-state index contributed by atoms with van der Waals surface area (Å²) in [5, 5.41) is 1.02. The summed E-state index contributed by atoms with van der Waals surface area (Å²) >= 11 is 1.68. The summed E-state index contributed by atoms with van der Waals surface area (Å²) in [6, 6.07) is 13.7. The second-order valence-electron chi connectivity index (χ2n) is 6.65. The molecule has 2 aromatic carbocycles. The van der Waals surface area contributed by atoms with E-state index in [0.717, 1.165) is 45.9 Å². The molecule has 0 bridgehead atoms. The quantitative estimate of drug-likeness (QED) is 0.589. The van der Waals surface area contributed by atoms with E-state index in [9.17, 15) is 4.79 Å². The summed E-state index contributed by atoms with van der Waals surface area (Å²) in [5.41, 5.74) is 1.84. The van der Waals surface area contributed by atoms with Crippen molar-refractivity contribution in [1.29, 1.82) is 0 Å². The second-order valence-corrected chi connectivity index (χ2v) is 7.71. The fraction of sp³-hybridized carbons (Fsp3) is 0.273. The molecule has 0 aliphatic carbocycles. The zero-order valence-electron chi connectivity index (χ0n) is 15.9. The zero-order valence-corrected chi connectivity index (χ0v) is 16.7. The molecule has 5 nitrogen and oxygen atoms in total. The Bertz CT molecular complexity index is 995. The lowest BCUT2D eigenvalue weighted by molar-refractivity contribution is -0.126. The van der Waals surface area contributed by atoms with Crippen LogP contribution < -0.4 is 9.47 Å². The first-order valence-electron chi connectivity index (χ1n) is 9.26. The Morgan fingerprint density at radius 2 is 2.07 bits per heavy atom. The lowest BCUT2D eigenvalue weighted by Gasteiger charge is -2.21. The van der Waals surface area contributed by atoms with Crippen molar-refractivity contribution in [3.63, 3.8) is 0 Å². The van der Waals surface area contributed by atoms with Crippen LogP contribution in [0.4, 0.5) is 0 Å². The van der Waals surface area contributed by atoms with Crippen LogP contribution in [-0.4, -0.2) is 36.6 Å². The number of methoxy groups -OCH3 is 2. The van der Waals surface area contributed by atoms with Gasteiger partial charge in [0, 0.05) is 24.3 Å². The topological polar surface area (TPSA) is 51.7 Å². The van der Waals surface area contributed by atoms with Gasteiger partial charge >= 0.3 is 0 Å². The van der Waals surface area contributed by atoms with E-state index in [1.807, 2.05) is 41.3 Å². The monoisotopic (exact) mass is 394 g/mol. The molecule has 144 valence electrons. The molecule has 1 unspecified atom stereocenters. The number of carbonyl (C=O) groups excluding carboxylic acids is 1. The third-order valence-electron chi connectivity index (χ3n) is 4.98. The summed E-state index contributed by atoms with van der Waals surface area (Å²) < 4.78 is 11.8. The van der Waals surface area contributed by atoms with Crippen molar-refractivity contribution in [3.8, 4) is 11.5 Å². The van der Waals surface area contributed by atoms with Crippen molar-refractivity contribution in [2.45, 2.75) is 18.9 Å². The highest BCUT2D eigenvalue weighted by Gasteiger charge is 2.31. The number of rotatable bonds is 5. The Hall–Kier alpha value is -2.86. The van der Waals surface area contributed by atoms with Crippen molar-refractivity contribution >= 4 is 33.5 Å². The van der Waals surface area contributed by atoms with Crippen molar-refractivity contribution < 1.29 is 14.3 Å². The molecular weight excluding hydrogens is 372 g/mol. The fourth-order valence-corrected chi connectivity index (χ4v) is 4.65. The van der Waals surface area contributed by atoms with Crippen LogP contribution in [0.2, 0.25) is 0 Å². The highest BCUT2D eigenvalue weighted by molar-refractivity contribution is 7.18. The number of benzene rings is 2. The molecule has 4 rings (SSSR count). The van der Waals surface area contributed by atoms with Crippen molar-refractivity contribution in [3.05, 3.63) is 59.1 Å². The van der Waals surface area contributed by atoms with Gasteiger partial charge in [-0.3, -0.25) is 4.79 Å². The minimum atomic E-state index is -0.000345. The van der Waals surface area contributed by atoms with E-state index in [-0.39, 0.29) is 11.9 Å². The maximum absolute atomic E-state index is 12.9. The van der Waals surface area contributed by atoms with E-state index in [1.54, 1.807) is 37.7 Å². The minimum Gasteiger partial charge on any atom is -0.497 e. The largest absolute Gasteiger partial charge is 0.497 e. The van der Waals surface area contributed by atoms with Crippen LogP contribution >= 0.6 is 11.3 Å². The van der Waals surface area contributed by atoms with Crippen LogP contribution in [0.3, 0.4) is 0 Å². The Balaban J connectivity index is 1.54. The summed E-state index contributed by atoms with van der Waals surface area (Å²) in [5.74, 6) is 1.39. The number of ether oxygens (including phenoxy) is 2. The molecular formula is C22H22N2O3S. The zero-order chi connectivity index (χ0) is 19.5. The van der Waals surface area contributed by atoms with Gasteiger partial charge in [0.25, 0.3) is 0 Å². The molecule has 1 fully saturated rings. The first-order valence-corrected chi connectivity index (χ1v) is 10.1. The van der Waals surface area contributed by atoms with Gasteiger partial charge in [0.05, 0.1) is 30.5 Å². The summed E-state index contributed by atoms with van der Waals surface area (Å²) in [7, 11) is 3.22. The number of amides is 1. The van der Waals surface area contributed by atoms with Gasteiger partial charge in [-0.25, -0.2) is 4.98 Å². The third-order valence-corrected chi connectivity index (χ3v) is 6.12. The molecule has 28 heavy (non-hydrogen) atoms. The van der Waals surface area contributed by atoms with Gasteiger partial charge in [-0.05, 0) is 43.2 Å². The Morgan fingerprint density at radius 3 is 2.86 bits per heavy atom. The maximum atomic E-state index is 12.9. The molecule has 0 N–H and O–H groups in total. The SMILES string of the molecule is COc1ccc(C=CC(=O)N2CCCC2c2nc3ccccc3s2)c(OC)c1. The predicted molar refractivity (Wildman–Crippen MR) is 112 cm³/mol. The highest BCUT2D eigenvalue weighted by atomic mass is 32.1.